The van der Waals surface area contributed by atoms with Gasteiger partial charge in [-0.2, -0.15) is 0 Å². The first-order valence-electron chi connectivity index (χ1n) is 5.65. The van der Waals surface area contributed by atoms with Crippen molar-refractivity contribution in [1.29, 1.82) is 0 Å². The van der Waals surface area contributed by atoms with Gasteiger partial charge in [-0.3, -0.25) is 0 Å². The highest BCUT2D eigenvalue weighted by Crippen LogP contribution is 2.35. The Labute approximate surface area is 133 Å². The predicted octanol–water partition coefficient (Wildman–Crippen LogP) is 6.31. The normalized spacial score (nSPS) is 12.5. The Kier molecular flexibility index (Phi) is 4.68. The maximum Gasteiger partial charge on any atom is 0.0647 e. The zero-order valence-electron chi connectivity index (χ0n) is 10.2. The van der Waals surface area contributed by atoms with Gasteiger partial charge in [0.15, 0.2) is 0 Å². The molecule has 0 bridgehead atoms. The van der Waals surface area contributed by atoms with Crippen LogP contribution in [0.3, 0.4) is 0 Å². The predicted molar refractivity (Wildman–Crippen MR) is 88.5 cm³/mol. The molecule has 1 atom stereocenters. The highest BCUT2D eigenvalue weighted by molar-refractivity contribution is 9.10. The van der Waals surface area contributed by atoms with Gasteiger partial charge in [-0.15, -0.1) is 0 Å². The van der Waals surface area contributed by atoms with E-state index in [1.807, 2.05) is 0 Å². The van der Waals surface area contributed by atoms with E-state index in [-0.39, 0.29) is 4.83 Å². The van der Waals surface area contributed by atoms with Gasteiger partial charge in [0.05, 0.1) is 4.83 Å². The summed E-state index contributed by atoms with van der Waals surface area (Å²) in [5, 5.41) is 0. The summed E-state index contributed by atoms with van der Waals surface area (Å²) in [6, 6.07) is 12.8. The summed E-state index contributed by atoms with van der Waals surface area (Å²) in [4.78, 5) is 0.234. The van der Waals surface area contributed by atoms with Crippen molar-refractivity contribution in [3.63, 3.8) is 0 Å². The molecule has 0 amide bonds. The van der Waals surface area contributed by atoms with E-state index < -0.39 is 0 Å². The van der Waals surface area contributed by atoms with Gasteiger partial charge in [0.25, 0.3) is 0 Å². The molecule has 0 spiro atoms. The Bertz CT molecular complexity index is 559. The molecule has 2 aromatic carbocycles. The second kappa shape index (κ2) is 5.89. The lowest BCUT2D eigenvalue weighted by Crippen LogP contribution is -1.97. The third-order valence-electron chi connectivity index (χ3n) is 2.98. The van der Waals surface area contributed by atoms with E-state index in [9.17, 15) is 0 Å². The molecule has 0 saturated heterocycles. The van der Waals surface area contributed by atoms with Gasteiger partial charge in [-0.05, 0) is 54.3 Å². The molecule has 0 nitrogen and oxygen atoms in total. The molecular weight excluding hydrogens is 420 g/mol. The molecule has 94 valence electrons. The summed E-state index contributed by atoms with van der Waals surface area (Å²) in [5.74, 6) is 0. The Morgan fingerprint density at radius 1 is 0.889 bits per heavy atom. The molecule has 3 heteroatoms. The summed E-state index contributed by atoms with van der Waals surface area (Å²) in [7, 11) is 0. The molecule has 0 aromatic heterocycles. The van der Waals surface area contributed by atoms with Crippen LogP contribution in [-0.2, 0) is 0 Å². The first-order chi connectivity index (χ1) is 8.49. The lowest BCUT2D eigenvalue weighted by molar-refractivity contribution is 1.13. The SMILES string of the molecule is Cc1cc(C(Br)c2ccc(Br)cc2)c(C)cc1Br. The molecule has 0 radical (unpaired) electrons. The average Bonchev–Trinajstić information content (AvgIpc) is 2.34. The van der Waals surface area contributed by atoms with Crippen LogP contribution >= 0.6 is 47.8 Å². The smallest absolute Gasteiger partial charge is 0.0647 e. The maximum absolute atomic E-state index is 3.80. The number of rotatable bonds is 2. The molecule has 1 unspecified atom stereocenters. The van der Waals surface area contributed by atoms with Crippen molar-refractivity contribution in [2.75, 3.05) is 0 Å². The standard InChI is InChI=1S/C15H13Br3/c1-9-8-14(17)10(2)7-13(9)15(18)11-3-5-12(16)6-4-11/h3-8,15H,1-2H3. The lowest BCUT2D eigenvalue weighted by Gasteiger charge is -2.15. The summed E-state index contributed by atoms with van der Waals surface area (Å²) in [6.07, 6.45) is 0. The van der Waals surface area contributed by atoms with Crippen LogP contribution < -0.4 is 0 Å². The van der Waals surface area contributed by atoms with Crippen molar-refractivity contribution in [1.82, 2.24) is 0 Å². The summed E-state index contributed by atoms with van der Waals surface area (Å²) in [5.41, 5.74) is 5.13. The third-order valence-corrected chi connectivity index (χ3v) is 5.39. The number of hydrogen-bond donors (Lipinski definition) is 0. The molecule has 2 rings (SSSR count). The van der Waals surface area contributed by atoms with Crippen LogP contribution in [0.1, 0.15) is 27.1 Å². The largest absolute Gasteiger partial charge is 0.0786 e. The number of halogens is 3. The van der Waals surface area contributed by atoms with Crippen LogP contribution in [0.4, 0.5) is 0 Å². The third kappa shape index (κ3) is 3.06. The molecule has 0 heterocycles. The zero-order chi connectivity index (χ0) is 13.3. The quantitative estimate of drug-likeness (QED) is 0.487. The van der Waals surface area contributed by atoms with Crippen LogP contribution in [0.2, 0.25) is 0 Å². The van der Waals surface area contributed by atoms with Gasteiger partial charge in [-0.1, -0.05) is 66.0 Å². The minimum atomic E-state index is 0.234. The number of aryl methyl sites for hydroxylation is 2. The van der Waals surface area contributed by atoms with E-state index in [2.05, 4.69) is 98.0 Å². The van der Waals surface area contributed by atoms with Crippen molar-refractivity contribution in [3.05, 3.63) is 67.6 Å². The molecule has 2 aromatic rings. The minimum absolute atomic E-state index is 0.234. The van der Waals surface area contributed by atoms with Gasteiger partial charge in [-0.25, -0.2) is 0 Å². The van der Waals surface area contributed by atoms with Crippen LogP contribution in [0.25, 0.3) is 0 Å². The maximum atomic E-state index is 3.80. The molecule has 18 heavy (non-hydrogen) atoms. The molecule has 0 aliphatic heterocycles. The van der Waals surface area contributed by atoms with Gasteiger partial charge in [0.2, 0.25) is 0 Å². The summed E-state index contributed by atoms with van der Waals surface area (Å²) < 4.78 is 2.27. The van der Waals surface area contributed by atoms with Crippen molar-refractivity contribution >= 4 is 47.8 Å². The van der Waals surface area contributed by atoms with Crippen molar-refractivity contribution in [3.8, 4) is 0 Å². The topological polar surface area (TPSA) is 0 Å². The van der Waals surface area contributed by atoms with Gasteiger partial charge in [0, 0.05) is 8.95 Å². The van der Waals surface area contributed by atoms with E-state index in [1.165, 1.54) is 26.7 Å². The lowest BCUT2D eigenvalue weighted by atomic mass is 9.98. The van der Waals surface area contributed by atoms with Gasteiger partial charge in [0.1, 0.15) is 0 Å². The van der Waals surface area contributed by atoms with E-state index in [1.54, 1.807) is 0 Å². The Hall–Kier alpha value is -0.120. The fourth-order valence-corrected chi connectivity index (χ4v) is 3.41. The van der Waals surface area contributed by atoms with Crippen LogP contribution in [-0.4, -0.2) is 0 Å². The number of alkyl halides is 1. The Morgan fingerprint density at radius 2 is 1.50 bits per heavy atom. The van der Waals surface area contributed by atoms with Crippen LogP contribution in [0, 0.1) is 13.8 Å². The first kappa shape index (κ1) is 14.3. The van der Waals surface area contributed by atoms with E-state index >= 15 is 0 Å². The second-order valence-electron chi connectivity index (χ2n) is 4.37. The Morgan fingerprint density at radius 3 is 2.11 bits per heavy atom. The highest BCUT2D eigenvalue weighted by atomic mass is 79.9. The minimum Gasteiger partial charge on any atom is -0.0786 e. The molecule has 0 saturated carbocycles. The fourth-order valence-electron chi connectivity index (χ4n) is 1.89. The van der Waals surface area contributed by atoms with Crippen molar-refractivity contribution < 1.29 is 0 Å². The first-order valence-corrected chi connectivity index (χ1v) is 8.15. The second-order valence-corrected chi connectivity index (χ2v) is 7.06. The average molecular weight is 433 g/mol. The van der Waals surface area contributed by atoms with Crippen LogP contribution in [0.5, 0.6) is 0 Å². The molecule has 0 fully saturated rings. The summed E-state index contributed by atoms with van der Waals surface area (Å²) >= 11 is 10.8. The fraction of sp³-hybridized carbons (Fsp3) is 0.200. The van der Waals surface area contributed by atoms with E-state index in [4.69, 9.17) is 0 Å². The number of hydrogen-bond acceptors (Lipinski definition) is 0. The van der Waals surface area contributed by atoms with Crippen LogP contribution in [0.15, 0.2) is 45.3 Å². The van der Waals surface area contributed by atoms with E-state index in [0.717, 1.165) is 4.47 Å². The molecule has 0 aliphatic rings. The summed E-state index contributed by atoms with van der Waals surface area (Å²) in [6.45, 7) is 4.26. The monoisotopic (exact) mass is 430 g/mol. The molecular formula is C15H13Br3. The van der Waals surface area contributed by atoms with E-state index in [0.29, 0.717) is 0 Å². The molecule has 0 aliphatic carbocycles. The van der Waals surface area contributed by atoms with Crippen molar-refractivity contribution in [2.24, 2.45) is 0 Å². The van der Waals surface area contributed by atoms with Gasteiger partial charge >= 0.3 is 0 Å². The highest BCUT2D eigenvalue weighted by Gasteiger charge is 2.14. The van der Waals surface area contributed by atoms with Crippen molar-refractivity contribution in [2.45, 2.75) is 18.7 Å². The Balaban J connectivity index is 2.42. The number of benzene rings is 2. The van der Waals surface area contributed by atoms with Gasteiger partial charge < -0.3 is 0 Å². The zero-order valence-corrected chi connectivity index (χ0v) is 14.9. The molecule has 0 N–H and O–H groups in total.